The Morgan fingerprint density at radius 1 is 1.04 bits per heavy atom. The topological polar surface area (TPSA) is 66.6 Å². The highest BCUT2D eigenvalue weighted by atomic mass is 15.2. The highest BCUT2D eigenvalue weighted by Gasteiger charge is 2.04. The summed E-state index contributed by atoms with van der Waals surface area (Å²) in [5.74, 6) is 2.72. The van der Waals surface area contributed by atoms with Gasteiger partial charge in [0.05, 0.1) is 0 Å². The third-order valence-electron chi connectivity index (χ3n) is 4.48. The molecule has 0 aliphatic rings. The molecule has 2 aromatic heterocycles. The zero-order valence-corrected chi connectivity index (χ0v) is 16.5. The largest absolute Gasteiger partial charge is 0.356 e. The maximum Gasteiger partial charge on any atom is 0.190 e. The van der Waals surface area contributed by atoms with Gasteiger partial charge < -0.3 is 10.6 Å². The number of hydrogen-bond acceptors (Lipinski definition) is 3. The summed E-state index contributed by atoms with van der Waals surface area (Å²) < 4.78 is 2.05. The lowest BCUT2D eigenvalue weighted by Crippen LogP contribution is -2.38. The molecule has 2 heterocycles. The molecule has 0 radical (unpaired) electrons. The molecule has 2 N–H and O–H groups in total. The van der Waals surface area contributed by atoms with E-state index in [2.05, 4.69) is 39.7 Å². The van der Waals surface area contributed by atoms with Crippen LogP contribution in [0.5, 0.6) is 0 Å². The average Bonchev–Trinajstić information content (AvgIpc) is 3.05. The van der Waals surface area contributed by atoms with E-state index in [-0.39, 0.29) is 0 Å². The SMILES string of the molecule is CN=C(NCCCCCCC(C)C)NCCCc1nnc2ccccn12. The van der Waals surface area contributed by atoms with Crippen LogP contribution in [0.3, 0.4) is 0 Å². The molecule has 0 bridgehead atoms. The van der Waals surface area contributed by atoms with Crippen LogP contribution < -0.4 is 10.6 Å². The van der Waals surface area contributed by atoms with Crippen molar-refractivity contribution in [2.75, 3.05) is 20.1 Å². The molecule has 0 atom stereocenters. The molecule has 144 valence electrons. The Bertz CT molecular complexity index is 661. The highest BCUT2D eigenvalue weighted by molar-refractivity contribution is 5.79. The van der Waals surface area contributed by atoms with E-state index in [0.29, 0.717) is 0 Å². The zero-order valence-electron chi connectivity index (χ0n) is 16.5. The summed E-state index contributed by atoms with van der Waals surface area (Å²) in [6, 6.07) is 5.96. The standard InChI is InChI=1S/C20H34N6/c1-17(2)11-6-4-5-8-14-22-20(21-3)23-15-10-13-19-25-24-18-12-7-9-16-26(18)19/h7,9,12,16-17H,4-6,8,10-11,13-15H2,1-3H3,(H2,21,22,23). The first-order chi connectivity index (χ1) is 12.7. The Morgan fingerprint density at radius 3 is 2.58 bits per heavy atom. The van der Waals surface area contributed by atoms with E-state index in [0.717, 1.165) is 49.3 Å². The number of nitrogens with one attached hydrogen (secondary N) is 2. The van der Waals surface area contributed by atoms with Gasteiger partial charge in [-0.3, -0.25) is 9.39 Å². The second-order valence-corrected chi connectivity index (χ2v) is 7.17. The highest BCUT2D eigenvalue weighted by Crippen LogP contribution is 2.09. The number of guanidine groups is 1. The third-order valence-corrected chi connectivity index (χ3v) is 4.48. The zero-order chi connectivity index (χ0) is 18.6. The van der Waals surface area contributed by atoms with Crippen LogP contribution in [-0.2, 0) is 6.42 Å². The van der Waals surface area contributed by atoms with E-state index in [4.69, 9.17) is 0 Å². The van der Waals surface area contributed by atoms with E-state index < -0.39 is 0 Å². The molecule has 6 nitrogen and oxygen atoms in total. The van der Waals surface area contributed by atoms with Gasteiger partial charge in [0.25, 0.3) is 0 Å². The first-order valence-electron chi connectivity index (χ1n) is 9.94. The van der Waals surface area contributed by atoms with Gasteiger partial charge in [0, 0.05) is 32.8 Å². The van der Waals surface area contributed by atoms with Gasteiger partial charge >= 0.3 is 0 Å². The Hall–Kier alpha value is -2.11. The van der Waals surface area contributed by atoms with E-state index in [1.54, 1.807) is 0 Å². The summed E-state index contributed by atoms with van der Waals surface area (Å²) >= 11 is 0. The average molecular weight is 359 g/mol. The van der Waals surface area contributed by atoms with Crippen LogP contribution in [0.1, 0.15) is 58.2 Å². The second-order valence-electron chi connectivity index (χ2n) is 7.17. The molecule has 0 saturated carbocycles. The van der Waals surface area contributed by atoms with Crippen molar-refractivity contribution in [2.24, 2.45) is 10.9 Å². The number of fused-ring (bicyclic) bond motifs is 1. The predicted molar refractivity (Wildman–Crippen MR) is 109 cm³/mol. The smallest absolute Gasteiger partial charge is 0.190 e. The van der Waals surface area contributed by atoms with Gasteiger partial charge in [0.15, 0.2) is 11.6 Å². The fourth-order valence-electron chi connectivity index (χ4n) is 2.97. The van der Waals surface area contributed by atoms with Crippen molar-refractivity contribution in [1.29, 1.82) is 0 Å². The summed E-state index contributed by atoms with van der Waals surface area (Å²) in [6.07, 6.45) is 10.4. The second kappa shape index (κ2) is 11.5. The van der Waals surface area contributed by atoms with Gasteiger partial charge in [-0.15, -0.1) is 10.2 Å². The van der Waals surface area contributed by atoms with Crippen molar-refractivity contribution < 1.29 is 0 Å². The minimum absolute atomic E-state index is 0.826. The summed E-state index contributed by atoms with van der Waals surface area (Å²) in [5.41, 5.74) is 0.904. The lowest BCUT2D eigenvalue weighted by Gasteiger charge is -2.11. The van der Waals surface area contributed by atoms with Crippen LogP contribution >= 0.6 is 0 Å². The maximum absolute atomic E-state index is 4.29. The van der Waals surface area contributed by atoms with Gasteiger partial charge in [-0.25, -0.2) is 0 Å². The molecule has 0 aliphatic carbocycles. The molecule has 2 rings (SSSR count). The summed E-state index contributed by atoms with van der Waals surface area (Å²) in [7, 11) is 1.82. The van der Waals surface area contributed by atoms with Crippen molar-refractivity contribution in [2.45, 2.75) is 58.8 Å². The van der Waals surface area contributed by atoms with Gasteiger partial charge in [0.1, 0.15) is 5.82 Å². The fraction of sp³-hybridized carbons (Fsp3) is 0.650. The molecule has 0 aliphatic heterocycles. The monoisotopic (exact) mass is 358 g/mol. The van der Waals surface area contributed by atoms with E-state index in [9.17, 15) is 0 Å². The number of unbranched alkanes of at least 4 members (excludes halogenated alkanes) is 3. The van der Waals surface area contributed by atoms with Crippen LogP contribution in [0.4, 0.5) is 0 Å². The van der Waals surface area contributed by atoms with E-state index >= 15 is 0 Å². The minimum atomic E-state index is 0.826. The lowest BCUT2D eigenvalue weighted by atomic mass is 10.0. The molecule has 6 heteroatoms. The molecule has 2 aromatic rings. The first kappa shape index (κ1) is 20.2. The summed E-state index contributed by atoms with van der Waals surface area (Å²) in [6.45, 7) is 6.44. The van der Waals surface area contributed by atoms with Crippen LogP contribution in [0, 0.1) is 5.92 Å². The number of aromatic nitrogens is 3. The van der Waals surface area contributed by atoms with Gasteiger partial charge in [0.2, 0.25) is 0 Å². The summed E-state index contributed by atoms with van der Waals surface area (Å²) in [4.78, 5) is 4.29. The van der Waals surface area contributed by atoms with Crippen LogP contribution in [0.15, 0.2) is 29.4 Å². The Morgan fingerprint density at radius 2 is 1.81 bits per heavy atom. The molecule has 0 amide bonds. The lowest BCUT2D eigenvalue weighted by molar-refractivity contribution is 0.518. The number of aryl methyl sites for hydroxylation is 1. The Labute approximate surface area is 157 Å². The molecule has 0 fully saturated rings. The van der Waals surface area contributed by atoms with Crippen LogP contribution in [0.2, 0.25) is 0 Å². The van der Waals surface area contributed by atoms with Crippen LogP contribution in [-0.4, -0.2) is 40.7 Å². The molecule has 0 aromatic carbocycles. The molecule has 0 saturated heterocycles. The van der Waals surface area contributed by atoms with Crippen molar-refractivity contribution in [3.63, 3.8) is 0 Å². The van der Waals surface area contributed by atoms with Gasteiger partial charge in [-0.2, -0.15) is 0 Å². The quantitative estimate of drug-likeness (QED) is 0.367. The molecule has 0 spiro atoms. The van der Waals surface area contributed by atoms with Gasteiger partial charge in [-0.1, -0.05) is 45.6 Å². The molecular weight excluding hydrogens is 324 g/mol. The Kier molecular flexibility index (Phi) is 8.93. The molecular formula is C20H34N6. The number of pyridine rings is 1. The normalized spacial score (nSPS) is 12.1. The van der Waals surface area contributed by atoms with Crippen molar-refractivity contribution >= 4 is 11.6 Å². The van der Waals surface area contributed by atoms with Crippen molar-refractivity contribution in [3.05, 3.63) is 30.2 Å². The molecule has 0 unspecified atom stereocenters. The fourth-order valence-corrected chi connectivity index (χ4v) is 2.97. The number of nitrogens with zero attached hydrogens (tertiary/aromatic N) is 4. The van der Waals surface area contributed by atoms with Crippen molar-refractivity contribution in [3.8, 4) is 0 Å². The number of rotatable bonds is 11. The predicted octanol–water partition coefficient (Wildman–Crippen LogP) is 3.43. The minimum Gasteiger partial charge on any atom is -0.356 e. The number of hydrogen-bond donors (Lipinski definition) is 2. The van der Waals surface area contributed by atoms with Gasteiger partial charge in [-0.05, 0) is 30.9 Å². The van der Waals surface area contributed by atoms with Crippen molar-refractivity contribution in [1.82, 2.24) is 25.2 Å². The first-order valence-corrected chi connectivity index (χ1v) is 9.94. The third kappa shape index (κ3) is 7.02. The molecule has 26 heavy (non-hydrogen) atoms. The Balaban J connectivity index is 1.56. The van der Waals surface area contributed by atoms with E-state index in [1.165, 1.54) is 32.1 Å². The van der Waals surface area contributed by atoms with Crippen LogP contribution in [0.25, 0.3) is 5.65 Å². The van der Waals surface area contributed by atoms with E-state index in [1.807, 2.05) is 35.8 Å². The number of aliphatic imine (C=N–C) groups is 1. The maximum atomic E-state index is 4.29. The summed E-state index contributed by atoms with van der Waals surface area (Å²) in [5, 5.41) is 15.2.